The van der Waals surface area contributed by atoms with Crippen molar-refractivity contribution in [3.63, 3.8) is 0 Å². The summed E-state index contributed by atoms with van der Waals surface area (Å²) < 4.78 is 38.0. The van der Waals surface area contributed by atoms with Gasteiger partial charge in [-0.05, 0) is 42.0 Å². The maximum absolute atomic E-state index is 13.9. The number of hydrogen-bond donors (Lipinski definition) is 2. The number of allylic oxidation sites excluding steroid dienone is 1. The SMILES string of the molecule is COc1ccc(-c2[nH]nc3c2C(c2ccc(F)c(F)c2)C(C#N)=C(N)O3)cc1. The van der Waals surface area contributed by atoms with Crippen LogP contribution >= 0.6 is 0 Å². The van der Waals surface area contributed by atoms with Crippen molar-refractivity contribution in [2.75, 3.05) is 7.11 Å². The van der Waals surface area contributed by atoms with Crippen molar-refractivity contribution in [3.8, 4) is 29.0 Å². The smallest absolute Gasteiger partial charge is 0.244 e. The van der Waals surface area contributed by atoms with E-state index in [1.165, 1.54) is 6.07 Å². The Bertz CT molecular complexity index is 1130. The summed E-state index contributed by atoms with van der Waals surface area (Å²) in [5, 5.41) is 16.7. The van der Waals surface area contributed by atoms with Crippen LogP contribution in [0.1, 0.15) is 17.0 Å². The van der Waals surface area contributed by atoms with Gasteiger partial charge in [0.2, 0.25) is 11.8 Å². The molecule has 3 N–H and O–H groups in total. The minimum absolute atomic E-state index is 0.0923. The number of rotatable bonds is 3. The van der Waals surface area contributed by atoms with Crippen LogP contribution in [0.2, 0.25) is 0 Å². The molecule has 0 spiro atoms. The summed E-state index contributed by atoms with van der Waals surface area (Å²) in [6, 6.07) is 12.6. The number of aromatic amines is 1. The van der Waals surface area contributed by atoms with Crippen LogP contribution in [0, 0.1) is 23.0 Å². The molecule has 1 aliphatic rings. The van der Waals surface area contributed by atoms with Crippen molar-refractivity contribution >= 4 is 0 Å². The summed E-state index contributed by atoms with van der Waals surface area (Å²) in [4.78, 5) is 0. The van der Waals surface area contributed by atoms with E-state index >= 15 is 0 Å². The van der Waals surface area contributed by atoms with Crippen LogP contribution in [0.3, 0.4) is 0 Å². The molecule has 0 amide bonds. The topological polar surface area (TPSA) is 97.0 Å². The van der Waals surface area contributed by atoms with Crippen molar-refractivity contribution < 1.29 is 18.3 Å². The number of nitrogens with two attached hydrogens (primary N) is 1. The van der Waals surface area contributed by atoms with Gasteiger partial charge in [-0.1, -0.05) is 6.07 Å². The summed E-state index contributed by atoms with van der Waals surface area (Å²) in [5.74, 6) is -2.04. The van der Waals surface area contributed by atoms with Crippen molar-refractivity contribution in [1.29, 1.82) is 5.26 Å². The number of ether oxygens (including phenoxy) is 2. The van der Waals surface area contributed by atoms with Crippen molar-refractivity contribution in [2.45, 2.75) is 5.92 Å². The number of hydrogen-bond acceptors (Lipinski definition) is 5. The fraction of sp³-hybridized carbons (Fsp3) is 0.100. The summed E-state index contributed by atoms with van der Waals surface area (Å²) in [5.41, 5.74) is 8.18. The molecule has 1 atom stereocenters. The molecule has 0 radical (unpaired) electrons. The lowest BCUT2D eigenvalue weighted by Gasteiger charge is -2.24. The van der Waals surface area contributed by atoms with E-state index in [9.17, 15) is 14.0 Å². The average Bonchev–Trinajstić information content (AvgIpc) is 3.12. The number of benzene rings is 2. The first-order chi connectivity index (χ1) is 13.5. The van der Waals surface area contributed by atoms with Gasteiger partial charge < -0.3 is 15.2 Å². The Morgan fingerprint density at radius 3 is 2.57 bits per heavy atom. The zero-order chi connectivity index (χ0) is 19.8. The van der Waals surface area contributed by atoms with E-state index in [1.54, 1.807) is 19.2 Å². The van der Waals surface area contributed by atoms with E-state index in [2.05, 4.69) is 10.2 Å². The fourth-order valence-electron chi connectivity index (χ4n) is 3.25. The number of halogens is 2. The van der Waals surface area contributed by atoms with E-state index in [0.717, 1.165) is 17.7 Å². The average molecular weight is 380 g/mol. The molecule has 0 aliphatic carbocycles. The van der Waals surface area contributed by atoms with Gasteiger partial charge >= 0.3 is 0 Å². The van der Waals surface area contributed by atoms with Gasteiger partial charge in [0.1, 0.15) is 17.4 Å². The second-order valence-corrected chi connectivity index (χ2v) is 6.14. The quantitative estimate of drug-likeness (QED) is 0.724. The summed E-state index contributed by atoms with van der Waals surface area (Å²) in [6.07, 6.45) is 0. The molecular formula is C20H14F2N4O2. The maximum Gasteiger partial charge on any atom is 0.244 e. The number of fused-ring (bicyclic) bond motifs is 1. The monoisotopic (exact) mass is 380 g/mol. The Kier molecular flexibility index (Phi) is 4.20. The summed E-state index contributed by atoms with van der Waals surface area (Å²) in [6.45, 7) is 0. The number of aromatic nitrogens is 2. The van der Waals surface area contributed by atoms with Crippen LogP contribution in [0.4, 0.5) is 8.78 Å². The second-order valence-electron chi connectivity index (χ2n) is 6.14. The Morgan fingerprint density at radius 2 is 1.93 bits per heavy atom. The molecule has 0 saturated carbocycles. The van der Waals surface area contributed by atoms with Gasteiger partial charge in [-0.25, -0.2) is 8.78 Å². The molecule has 2 aromatic carbocycles. The first-order valence-corrected chi connectivity index (χ1v) is 8.28. The minimum atomic E-state index is -1.02. The highest BCUT2D eigenvalue weighted by Gasteiger charge is 2.36. The highest BCUT2D eigenvalue weighted by Crippen LogP contribution is 2.45. The minimum Gasteiger partial charge on any atom is -0.497 e. The molecule has 0 saturated heterocycles. The van der Waals surface area contributed by atoms with Gasteiger partial charge in [0, 0.05) is 5.56 Å². The standard InChI is InChI=1S/C20H14F2N4O2/c1-27-12-5-2-10(3-6-12)18-17-16(11-4-7-14(21)15(22)8-11)13(9-23)19(24)28-20(17)26-25-18/h2-8,16H,24H2,1H3,(H,25,26). The Hall–Kier alpha value is -3.86. The normalized spacial score (nSPS) is 15.6. The van der Waals surface area contributed by atoms with Crippen molar-refractivity contribution in [3.05, 3.63) is 76.7 Å². The molecule has 28 heavy (non-hydrogen) atoms. The number of nitrogens with one attached hydrogen (secondary N) is 1. The van der Waals surface area contributed by atoms with E-state index in [4.69, 9.17) is 15.2 Å². The predicted molar refractivity (Wildman–Crippen MR) is 96.2 cm³/mol. The molecule has 1 aliphatic heterocycles. The molecule has 2 heterocycles. The molecule has 1 aromatic heterocycles. The number of nitriles is 1. The van der Waals surface area contributed by atoms with E-state index in [1.807, 2.05) is 18.2 Å². The van der Waals surface area contributed by atoms with Crippen LogP contribution in [0.5, 0.6) is 11.6 Å². The molecular weight excluding hydrogens is 366 g/mol. The second kappa shape index (κ2) is 6.70. The summed E-state index contributed by atoms with van der Waals surface area (Å²) >= 11 is 0. The number of methoxy groups -OCH3 is 1. The Balaban J connectivity index is 1.92. The lowest BCUT2D eigenvalue weighted by atomic mass is 9.83. The van der Waals surface area contributed by atoms with Crippen LogP contribution < -0.4 is 15.2 Å². The van der Waals surface area contributed by atoms with Gasteiger partial charge in [-0.3, -0.25) is 5.10 Å². The van der Waals surface area contributed by atoms with Crippen molar-refractivity contribution in [2.24, 2.45) is 5.73 Å². The van der Waals surface area contributed by atoms with Gasteiger partial charge in [0.15, 0.2) is 11.6 Å². The molecule has 140 valence electrons. The molecule has 8 heteroatoms. The van der Waals surface area contributed by atoms with E-state index in [-0.39, 0.29) is 17.3 Å². The molecule has 6 nitrogen and oxygen atoms in total. The highest BCUT2D eigenvalue weighted by atomic mass is 19.2. The van der Waals surface area contributed by atoms with Crippen LogP contribution in [-0.2, 0) is 0 Å². The highest BCUT2D eigenvalue weighted by molar-refractivity contribution is 5.71. The molecule has 0 fully saturated rings. The van der Waals surface area contributed by atoms with Gasteiger partial charge in [0.05, 0.1) is 24.3 Å². The van der Waals surface area contributed by atoms with Crippen LogP contribution in [0.15, 0.2) is 53.9 Å². The number of H-pyrrole nitrogens is 1. The van der Waals surface area contributed by atoms with Gasteiger partial charge in [-0.2, -0.15) is 5.26 Å². The molecule has 3 aromatic rings. The van der Waals surface area contributed by atoms with Crippen LogP contribution in [-0.4, -0.2) is 17.3 Å². The third kappa shape index (κ3) is 2.74. The van der Waals surface area contributed by atoms with Crippen molar-refractivity contribution in [1.82, 2.24) is 10.2 Å². The van der Waals surface area contributed by atoms with Crippen LogP contribution in [0.25, 0.3) is 11.3 Å². The van der Waals surface area contributed by atoms with Gasteiger partial charge in [0.25, 0.3) is 0 Å². The lowest BCUT2D eigenvalue weighted by molar-refractivity contribution is 0.378. The zero-order valence-corrected chi connectivity index (χ0v) is 14.7. The zero-order valence-electron chi connectivity index (χ0n) is 14.7. The first-order valence-electron chi connectivity index (χ1n) is 8.28. The fourth-order valence-corrected chi connectivity index (χ4v) is 3.25. The molecule has 1 unspecified atom stereocenters. The van der Waals surface area contributed by atoms with E-state index < -0.39 is 17.6 Å². The van der Waals surface area contributed by atoms with E-state index in [0.29, 0.717) is 22.6 Å². The predicted octanol–water partition coefficient (Wildman–Crippen LogP) is 3.58. The molecule has 4 rings (SSSR count). The number of nitrogens with zero attached hydrogens (tertiary/aromatic N) is 2. The van der Waals surface area contributed by atoms with Gasteiger partial charge in [-0.15, -0.1) is 5.10 Å². The Morgan fingerprint density at radius 1 is 1.18 bits per heavy atom. The molecule has 0 bridgehead atoms. The maximum atomic E-state index is 13.9. The lowest BCUT2D eigenvalue weighted by Crippen LogP contribution is -2.21. The first kappa shape index (κ1) is 17.5. The third-order valence-corrected chi connectivity index (χ3v) is 4.59. The largest absolute Gasteiger partial charge is 0.497 e. The Labute approximate surface area is 158 Å². The summed E-state index contributed by atoms with van der Waals surface area (Å²) in [7, 11) is 1.56. The third-order valence-electron chi connectivity index (χ3n) is 4.59.